The van der Waals surface area contributed by atoms with Crippen LogP contribution in [0.1, 0.15) is 31.2 Å². The summed E-state index contributed by atoms with van der Waals surface area (Å²) in [7, 11) is 0. The van der Waals surface area contributed by atoms with Crippen molar-refractivity contribution in [3.05, 3.63) is 48.3 Å². The van der Waals surface area contributed by atoms with Gasteiger partial charge in [0.1, 0.15) is 0 Å². The molecule has 1 aliphatic carbocycles. The van der Waals surface area contributed by atoms with E-state index >= 15 is 0 Å². The van der Waals surface area contributed by atoms with E-state index in [1.54, 1.807) is 11.1 Å². The number of aliphatic hydroxyl groups excluding tert-OH is 1. The molecule has 1 saturated carbocycles. The Hall–Kier alpha value is -2.67. The van der Waals surface area contributed by atoms with Crippen molar-refractivity contribution in [2.24, 2.45) is 5.92 Å². The fourth-order valence-electron chi connectivity index (χ4n) is 4.25. The van der Waals surface area contributed by atoms with E-state index in [0.717, 1.165) is 37.2 Å². The van der Waals surface area contributed by atoms with Gasteiger partial charge in [-0.25, -0.2) is 0 Å². The standard InChI is InChI=1S/C21H26N4O3/c26-19-12-16(14-24-9-2-8-22-24)11-18(19)23-20(27)13-15-4-6-17(7-5-15)25-10-1-3-21(25)28/h2,4-9,16,18-19,26H,1,3,10-14H2,(H,23,27)/t16?,18-,19-/m1/s1. The first-order chi connectivity index (χ1) is 13.6. The molecular weight excluding hydrogens is 356 g/mol. The van der Waals surface area contributed by atoms with Crippen LogP contribution in [-0.2, 0) is 22.6 Å². The maximum Gasteiger partial charge on any atom is 0.227 e. The zero-order valence-corrected chi connectivity index (χ0v) is 15.8. The van der Waals surface area contributed by atoms with Crippen LogP contribution in [-0.4, -0.2) is 45.4 Å². The highest BCUT2D eigenvalue weighted by molar-refractivity contribution is 5.95. The molecule has 0 radical (unpaired) electrons. The molecule has 148 valence electrons. The Balaban J connectivity index is 1.28. The Morgan fingerprint density at radius 2 is 2.07 bits per heavy atom. The van der Waals surface area contributed by atoms with Gasteiger partial charge in [0.15, 0.2) is 0 Å². The second-order valence-electron chi connectivity index (χ2n) is 7.80. The molecule has 1 aromatic heterocycles. The number of carbonyl (C=O) groups excluding carboxylic acids is 2. The number of aliphatic hydroxyl groups is 1. The maximum atomic E-state index is 12.4. The molecule has 0 spiro atoms. The highest BCUT2D eigenvalue weighted by Gasteiger charge is 2.34. The first-order valence-electron chi connectivity index (χ1n) is 9.92. The third-order valence-corrected chi connectivity index (χ3v) is 5.66. The van der Waals surface area contributed by atoms with Crippen LogP contribution in [0.3, 0.4) is 0 Å². The predicted molar refractivity (Wildman–Crippen MR) is 105 cm³/mol. The summed E-state index contributed by atoms with van der Waals surface area (Å²) in [4.78, 5) is 26.0. The van der Waals surface area contributed by atoms with Crippen molar-refractivity contribution in [2.45, 2.75) is 50.8 Å². The zero-order valence-electron chi connectivity index (χ0n) is 15.8. The predicted octanol–water partition coefficient (Wildman–Crippen LogP) is 1.51. The van der Waals surface area contributed by atoms with Crippen molar-refractivity contribution >= 4 is 17.5 Å². The number of carbonyl (C=O) groups is 2. The van der Waals surface area contributed by atoms with Gasteiger partial charge in [0.05, 0.1) is 18.6 Å². The number of rotatable bonds is 6. The normalized spacial score (nSPS) is 24.7. The third-order valence-electron chi connectivity index (χ3n) is 5.66. The molecule has 7 heteroatoms. The first kappa shape index (κ1) is 18.7. The summed E-state index contributed by atoms with van der Waals surface area (Å²) in [5.74, 6) is 0.372. The van der Waals surface area contributed by atoms with Crippen molar-refractivity contribution in [3.63, 3.8) is 0 Å². The number of nitrogens with one attached hydrogen (secondary N) is 1. The van der Waals surface area contributed by atoms with E-state index in [-0.39, 0.29) is 24.3 Å². The van der Waals surface area contributed by atoms with Gasteiger partial charge in [-0.05, 0) is 48.9 Å². The number of benzene rings is 1. The van der Waals surface area contributed by atoms with E-state index in [2.05, 4.69) is 10.4 Å². The number of hydrogen-bond acceptors (Lipinski definition) is 4. The minimum Gasteiger partial charge on any atom is -0.391 e. The van der Waals surface area contributed by atoms with Gasteiger partial charge < -0.3 is 15.3 Å². The van der Waals surface area contributed by atoms with Crippen LogP contribution >= 0.6 is 0 Å². The average molecular weight is 382 g/mol. The molecule has 2 fully saturated rings. The largest absolute Gasteiger partial charge is 0.391 e. The molecule has 1 unspecified atom stereocenters. The van der Waals surface area contributed by atoms with Gasteiger partial charge in [-0.15, -0.1) is 0 Å². The van der Waals surface area contributed by atoms with Crippen molar-refractivity contribution in [2.75, 3.05) is 11.4 Å². The monoisotopic (exact) mass is 382 g/mol. The summed E-state index contributed by atoms with van der Waals surface area (Å²) in [6.45, 7) is 1.52. The van der Waals surface area contributed by atoms with Crippen LogP contribution in [0.15, 0.2) is 42.7 Å². The molecule has 2 N–H and O–H groups in total. The quantitative estimate of drug-likeness (QED) is 0.793. The van der Waals surface area contributed by atoms with Crippen LogP contribution in [0.4, 0.5) is 5.69 Å². The van der Waals surface area contributed by atoms with Crippen molar-refractivity contribution in [1.82, 2.24) is 15.1 Å². The lowest BCUT2D eigenvalue weighted by Crippen LogP contribution is -2.40. The number of aromatic nitrogens is 2. The second kappa shape index (κ2) is 8.14. The van der Waals surface area contributed by atoms with Crippen molar-refractivity contribution < 1.29 is 14.7 Å². The van der Waals surface area contributed by atoms with Crippen LogP contribution in [0.2, 0.25) is 0 Å². The molecule has 1 aliphatic heterocycles. The summed E-state index contributed by atoms with van der Waals surface area (Å²) in [5, 5.41) is 17.5. The zero-order chi connectivity index (χ0) is 19.5. The molecule has 28 heavy (non-hydrogen) atoms. The SMILES string of the molecule is O=C(Cc1ccc(N2CCCC2=O)cc1)N[C@@H]1CC(Cn2cccn2)C[C@H]1O. The van der Waals surface area contributed by atoms with Gasteiger partial charge >= 0.3 is 0 Å². The fourth-order valence-corrected chi connectivity index (χ4v) is 4.25. The average Bonchev–Trinajstić information content (AvgIpc) is 3.39. The molecule has 2 aromatic rings. The Bertz CT molecular complexity index is 819. The van der Waals surface area contributed by atoms with Crippen molar-refractivity contribution in [3.8, 4) is 0 Å². The number of amides is 2. The van der Waals surface area contributed by atoms with Crippen molar-refractivity contribution in [1.29, 1.82) is 0 Å². The molecule has 0 bridgehead atoms. The lowest BCUT2D eigenvalue weighted by molar-refractivity contribution is -0.121. The van der Waals surface area contributed by atoms with Crippen LogP contribution in [0, 0.1) is 5.92 Å². The van der Waals surface area contributed by atoms with Crippen LogP contribution < -0.4 is 10.2 Å². The van der Waals surface area contributed by atoms with Crippen LogP contribution in [0.25, 0.3) is 0 Å². The van der Waals surface area contributed by atoms with E-state index in [0.29, 0.717) is 18.8 Å². The summed E-state index contributed by atoms with van der Waals surface area (Å²) >= 11 is 0. The summed E-state index contributed by atoms with van der Waals surface area (Å²) in [6.07, 6.45) is 6.33. The summed E-state index contributed by atoms with van der Waals surface area (Å²) in [6, 6.07) is 9.26. The number of anilines is 1. The van der Waals surface area contributed by atoms with E-state index in [4.69, 9.17) is 0 Å². The Morgan fingerprint density at radius 1 is 1.25 bits per heavy atom. The lowest BCUT2D eigenvalue weighted by atomic mass is 10.1. The minimum absolute atomic E-state index is 0.0891. The molecule has 3 atom stereocenters. The topological polar surface area (TPSA) is 87.5 Å². The lowest BCUT2D eigenvalue weighted by Gasteiger charge is -2.17. The Morgan fingerprint density at radius 3 is 2.75 bits per heavy atom. The maximum absolute atomic E-state index is 12.4. The third kappa shape index (κ3) is 4.25. The molecule has 2 heterocycles. The van der Waals surface area contributed by atoms with E-state index in [1.807, 2.05) is 41.2 Å². The van der Waals surface area contributed by atoms with E-state index in [9.17, 15) is 14.7 Å². The van der Waals surface area contributed by atoms with E-state index in [1.165, 1.54) is 0 Å². The minimum atomic E-state index is -0.520. The van der Waals surface area contributed by atoms with Gasteiger partial charge in [0, 0.05) is 37.6 Å². The molecular formula is C21H26N4O3. The van der Waals surface area contributed by atoms with Gasteiger partial charge in [0.2, 0.25) is 11.8 Å². The highest BCUT2D eigenvalue weighted by atomic mass is 16.3. The first-order valence-corrected chi connectivity index (χ1v) is 9.92. The van der Waals surface area contributed by atoms with E-state index < -0.39 is 6.10 Å². The van der Waals surface area contributed by atoms with Gasteiger partial charge in [-0.3, -0.25) is 14.3 Å². The molecule has 1 saturated heterocycles. The van der Waals surface area contributed by atoms with Gasteiger partial charge in [-0.1, -0.05) is 12.1 Å². The smallest absolute Gasteiger partial charge is 0.227 e. The van der Waals surface area contributed by atoms with Gasteiger partial charge in [-0.2, -0.15) is 5.10 Å². The fraction of sp³-hybridized carbons (Fsp3) is 0.476. The summed E-state index contributed by atoms with van der Waals surface area (Å²) < 4.78 is 1.87. The summed E-state index contributed by atoms with van der Waals surface area (Å²) in [5.41, 5.74) is 1.79. The van der Waals surface area contributed by atoms with Gasteiger partial charge in [0.25, 0.3) is 0 Å². The highest BCUT2D eigenvalue weighted by Crippen LogP contribution is 2.27. The number of nitrogens with zero attached hydrogens (tertiary/aromatic N) is 3. The Labute approximate surface area is 164 Å². The van der Waals surface area contributed by atoms with Crippen LogP contribution in [0.5, 0.6) is 0 Å². The molecule has 7 nitrogen and oxygen atoms in total. The molecule has 1 aromatic carbocycles. The molecule has 2 amide bonds. The Kier molecular flexibility index (Phi) is 5.43. The number of hydrogen-bond donors (Lipinski definition) is 2. The second-order valence-corrected chi connectivity index (χ2v) is 7.80. The molecule has 4 rings (SSSR count). The molecule has 2 aliphatic rings.